The Bertz CT molecular complexity index is 380. The van der Waals surface area contributed by atoms with Crippen LogP contribution in [0.5, 0.6) is 0 Å². The largest absolute Gasteiger partial charge is 0.0955 e. The maximum atomic E-state index is 3.99. The molecule has 0 aromatic heterocycles. The van der Waals surface area contributed by atoms with Crippen LogP contribution in [-0.4, -0.2) is 15.2 Å². The summed E-state index contributed by atoms with van der Waals surface area (Å²) in [6.45, 7) is 18.5. The Morgan fingerprint density at radius 2 is 1.38 bits per heavy atom. The van der Waals surface area contributed by atoms with Crippen molar-refractivity contribution in [1.29, 1.82) is 0 Å². The van der Waals surface area contributed by atoms with Gasteiger partial charge in [0.1, 0.15) is 0 Å². The molecule has 0 atom stereocenters. The molecule has 0 unspecified atom stereocenters. The first kappa shape index (κ1) is 13.5. The third kappa shape index (κ3) is 2.55. The van der Waals surface area contributed by atoms with E-state index in [1.807, 2.05) is 0 Å². The third-order valence-electron chi connectivity index (χ3n) is 3.97. The van der Waals surface area contributed by atoms with E-state index in [1.54, 1.807) is 5.19 Å². The molecule has 0 spiro atoms. The van der Waals surface area contributed by atoms with Gasteiger partial charge in [0.25, 0.3) is 0 Å². The van der Waals surface area contributed by atoms with Gasteiger partial charge >= 0.3 is 0 Å². The zero-order chi connectivity index (χ0) is 12.6. The van der Waals surface area contributed by atoms with E-state index >= 15 is 0 Å². The molecule has 0 N–H and O–H groups in total. The van der Waals surface area contributed by atoms with E-state index in [0.29, 0.717) is 0 Å². The first-order valence-electron chi connectivity index (χ1n) is 5.92. The molecule has 0 bridgehead atoms. The molecule has 0 saturated heterocycles. The van der Waals surface area contributed by atoms with E-state index in [-0.39, 0.29) is 0 Å². The lowest BCUT2D eigenvalue weighted by Gasteiger charge is -2.35. The first-order valence-corrected chi connectivity index (χ1v) is 13.4. The van der Waals surface area contributed by atoms with Crippen LogP contribution in [0.25, 0.3) is 5.57 Å². The Kier molecular flexibility index (Phi) is 3.65. The molecule has 0 heterocycles. The number of hydrogen-bond donors (Lipinski definition) is 0. The molecule has 0 saturated carbocycles. The smallest absolute Gasteiger partial charge is 0.0736 e. The molecule has 1 rings (SSSR count). The highest BCUT2D eigenvalue weighted by atomic mass is 29.3. The SMILES string of the molecule is C=C(C)c1ccc([Si](C)(C)[Si](C)(C)C)cc1. The van der Waals surface area contributed by atoms with Gasteiger partial charge in [0.2, 0.25) is 0 Å². The highest BCUT2D eigenvalue weighted by Gasteiger charge is 2.37. The van der Waals surface area contributed by atoms with Crippen LogP contribution in [0, 0.1) is 0 Å². The summed E-state index contributed by atoms with van der Waals surface area (Å²) in [4.78, 5) is 0. The lowest BCUT2D eigenvalue weighted by Crippen LogP contribution is -2.61. The molecule has 88 valence electrons. The normalized spacial score (nSPS) is 12.6. The van der Waals surface area contributed by atoms with Crippen molar-refractivity contribution in [3.8, 4) is 0 Å². The number of allylic oxidation sites excluding steroid dienone is 1. The Balaban J connectivity index is 3.11. The molecule has 0 amide bonds. The Morgan fingerprint density at radius 3 is 1.69 bits per heavy atom. The third-order valence-corrected chi connectivity index (χ3v) is 21.6. The summed E-state index contributed by atoms with van der Waals surface area (Å²) >= 11 is 0. The van der Waals surface area contributed by atoms with E-state index in [4.69, 9.17) is 0 Å². The minimum absolute atomic E-state index is 1.05. The zero-order valence-electron chi connectivity index (χ0n) is 11.5. The molecule has 1 aromatic carbocycles. The maximum Gasteiger partial charge on any atom is 0.0736 e. The predicted octanol–water partition coefficient (Wildman–Crippen LogP) is 4.05. The van der Waals surface area contributed by atoms with Crippen LogP contribution in [0.4, 0.5) is 0 Å². The molecule has 0 radical (unpaired) electrons. The average Bonchev–Trinajstić information content (AvgIpc) is 2.16. The van der Waals surface area contributed by atoms with Gasteiger partial charge in [-0.15, -0.1) is 0 Å². The van der Waals surface area contributed by atoms with Crippen LogP contribution < -0.4 is 5.19 Å². The van der Waals surface area contributed by atoms with Crippen molar-refractivity contribution in [2.24, 2.45) is 0 Å². The quantitative estimate of drug-likeness (QED) is 0.708. The molecule has 0 aliphatic heterocycles. The van der Waals surface area contributed by atoms with Gasteiger partial charge in [0, 0.05) is 7.59 Å². The fraction of sp³-hybridized carbons (Fsp3) is 0.429. The van der Waals surface area contributed by atoms with Gasteiger partial charge in [-0.2, -0.15) is 0 Å². The van der Waals surface area contributed by atoms with E-state index in [2.05, 4.69) is 70.5 Å². The summed E-state index contributed by atoms with van der Waals surface area (Å²) < 4.78 is 0. The van der Waals surface area contributed by atoms with Crippen LogP contribution in [0.3, 0.4) is 0 Å². The van der Waals surface area contributed by atoms with Crippen LogP contribution >= 0.6 is 0 Å². The summed E-state index contributed by atoms with van der Waals surface area (Å²) in [5.74, 6) is 0. The highest BCUT2D eigenvalue weighted by Crippen LogP contribution is 2.19. The van der Waals surface area contributed by atoms with Gasteiger partial charge < -0.3 is 0 Å². The fourth-order valence-corrected chi connectivity index (χ4v) is 6.57. The standard InChI is InChI=1S/C14H24Si2/c1-12(2)13-8-10-14(11-9-13)16(6,7)15(3,4)5/h8-11H,1H2,2-7H3. The topological polar surface area (TPSA) is 0 Å². The molecule has 1 aromatic rings. The highest BCUT2D eigenvalue weighted by molar-refractivity contribution is 7.45. The monoisotopic (exact) mass is 248 g/mol. The van der Waals surface area contributed by atoms with Crippen LogP contribution in [-0.2, 0) is 0 Å². The summed E-state index contributed by atoms with van der Waals surface area (Å²) in [6, 6.07) is 9.11. The Labute approximate surface area is 102 Å². The number of hydrogen-bond acceptors (Lipinski definition) is 0. The van der Waals surface area contributed by atoms with Crippen LogP contribution in [0.15, 0.2) is 30.8 Å². The summed E-state index contributed by atoms with van der Waals surface area (Å²) in [6.07, 6.45) is 0. The second kappa shape index (κ2) is 4.34. The van der Waals surface area contributed by atoms with Gasteiger partial charge in [0.05, 0.1) is 7.59 Å². The van der Waals surface area contributed by atoms with Crippen molar-refractivity contribution in [1.82, 2.24) is 0 Å². The molecule has 0 aliphatic carbocycles. The minimum atomic E-state index is -1.23. The minimum Gasteiger partial charge on any atom is -0.0955 e. The van der Waals surface area contributed by atoms with Crippen molar-refractivity contribution in [3.05, 3.63) is 36.4 Å². The molecule has 0 nitrogen and oxygen atoms in total. The van der Waals surface area contributed by atoms with Gasteiger partial charge in [-0.05, 0) is 12.5 Å². The summed E-state index contributed by atoms with van der Waals surface area (Å²) in [5, 5.41) is 1.59. The van der Waals surface area contributed by atoms with Crippen molar-refractivity contribution in [2.45, 2.75) is 39.7 Å². The molecule has 0 aliphatic rings. The second-order valence-electron chi connectivity index (χ2n) is 6.23. The fourth-order valence-electron chi connectivity index (χ4n) is 1.60. The molecule has 16 heavy (non-hydrogen) atoms. The van der Waals surface area contributed by atoms with Gasteiger partial charge in [0.15, 0.2) is 0 Å². The molecular weight excluding hydrogens is 224 g/mol. The van der Waals surface area contributed by atoms with Gasteiger partial charge in [-0.1, -0.05) is 74.3 Å². The average molecular weight is 249 g/mol. The van der Waals surface area contributed by atoms with Crippen LogP contribution in [0.1, 0.15) is 12.5 Å². The van der Waals surface area contributed by atoms with E-state index in [9.17, 15) is 0 Å². The van der Waals surface area contributed by atoms with Crippen molar-refractivity contribution >= 4 is 25.9 Å². The number of benzene rings is 1. The van der Waals surface area contributed by atoms with Crippen molar-refractivity contribution in [2.75, 3.05) is 0 Å². The van der Waals surface area contributed by atoms with E-state index in [0.717, 1.165) is 5.57 Å². The first-order chi connectivity index (χ1) is 7.16. The molecular formula is C14H24Si2. The van der Waals surface area contributed by atoms with E-state index in [1.165, 1.54) is 5.56 Å². The summed E-state index contributed by atoms with van der Waals surface area (Å²) in [5.41, 5.74) is 2.42. The van der Waals surface area contributed by atoms with Gasteiger partial charge in [-0.3, -0.25) is 0 Å². The van der Waals surface area contributed by atoms with Gasteiger partial charge in [-0.25, -0.2) is 0 Å². The number of rotatable bonds is 3. The zero-order valence-corrected chi connectivity index (χ0v) is 13.5. The lowest BCUT2D eigenvalue weighted by molar-refractivity contribution is 1.59. The summed E-state index contributed by atoms with van der Waals surface area (Å²) in [7, 11) is -2.28. The predicted molar refractivity (Wildman–Crippen MR) is 81.6 cm³/mol. The molecule has 2 heteroatoms. The van der Waals surface area contributed by atoms with Crippen LogP contribution in [0.2, 0.25) is 32.7 Å². The maximum absolute atomic E-state index is 3.99. The molecule has 0 fully saturated rings. The Hall–Kier alpha value is -0.606. The van der Waals surface area contributed by atoms with Crippen molar-refractivity contribution in [3.63, 3.8) is 0 Å². The second-order valence-corrected chi connectivity index (χ2v) is 22.8. The van der Waals surface area contributed by atoms with E-state index < -0.39 is 15.2 Å². The Morgan fingerprint density at radius 1 is 0.938 bits per heavy atom. The lowest BCUT2D eigenvalue weighted by atomic mass is 10.1. The van der Waals surface area contributed by atoms with Crippen molar-refractivity contribution < 1.29 is 0 Å².